The fraction of sp³-hybridized carbons (Fsp3) is 0.892. The summed E-state index contributed by atoms with van der Waals surface area (Å²) in [6.07, 6.45) is 15.0. The highest BCUT2D eigenvalue weighted by atomic mass is 79.9. The second-order valence-electron chi connectivity index (χ2n) is 16.0. The van der Waals surface area contributed by atoms with Gasteiger partial charge in [0.25, 0.3) is 0 Å². The van der Waals surface area contributed by atoms with Gasteiger partial charge in [0.2, 0.25) is 0 Å². The summed E-state index contributed by atoms with van der Waals surface area (Å²) < 4.78 is 19.6. The van der Waals surface area contributed by atoms with Crippen LogP contribution in [0.25, 0.3) is 0 Å². The number of halogens is 1. The van der Waals surface area contributed by atoms with E-state index in [0.29, 0.717) is 42.6 Å². The second kappa shape index (κ2) is 14.3. The zero-order valence-electron chi connectivity index (χ0n) is 28.7. The van der Waals surface area contributed by atoms with Gasteiger partial charge in [0.05, 0.1) is 32.8 Å². The average Bonchev–Trinajstić information content (AvgIpc) is 3.34. The molecule has 0 radical (unpaired) electrons. The van der Waals surface area contributed by atoms with Crippen LogP contribution in [-0.2, 0) is 23.8 Å². The minimum absolute atomic E-state index is 0. The number of esters is 2. The van der Waals surface area contributed by atoms with E-state index in [9.17, 15) is 9.59 Å². The fourth-order valence-corrected chi connectivity index (χ4v) is 11.9. The molecule has 0 amide bonds. The van der Waals surface area contributed by atoms with Gasteiger partial charge < -0.3 is 35.7 Å². The van der Waals surface area contributed by atoms with Crippen molar-refractivity contribution in [3.8, 4) is 0 Å². The lowest BCUT2D eigenvalue weighted by Gasteiger charge is -2.62. The maximum absolute atomic E-state index is 13.0. The molecule has 7 nitrogen and oxygen atoms in total. The van der Waals surface area contributed by atoms with Crippen LogP contribution < -0.4 is 17.0 Å². The number of hydrogen-bond acceptors (Lipinski definition) is 6. The molecule has 45 heavy (non-hydrogen) atoms. The molecular weight excluding hydrogens is 632 g/mol. The first-order valence-electron chi connectivity index (χ1n) is 18.4. The van der Waals surface area contributed by atoms with Gasteiger partial charge in [-0.15, -0.1) is 0 Å². The van der Waals surface area contributed by atoms with E-state index >= 15 is 0 Å². The van der Waals surface area contributed by atoms with Gasteiger partial charge in [0, 0.05) is 43.8 Å². The first kappa shape index (κ1) is 35.3. The molecule has 6 rings (SSSR count). The molecule has 2 saturated heterocycles. The number of quaternary nitrogens is 1. The van der Waals surface area contributed by atoms with Gasteiger partial charge in [-0.3, -0.25) is 14.5 Å². The molecule has 2 heterocycles. The lowest BCUT2D eigenvalue weighted by atomic mass is 9.44. The van der Waals surface area contributed by atoms with Gasteiger partial charge in [-0.1, -0.05) is 34.3 Å². The number of nitrogens with zero attached hydrogens (tertiary/aromatic N) is 2. The van der Waals surface area contributed by atoms with E-state index in [0.717, 1.165) is 56.6 Å². The van der Waals surface area contributed by atoms with E-state index < -0.39 is 0 Å². The molecule has 0 bridgehead atoms. The fourth-order valence-electron chi connectivity index (χ4n) is 11.9. The molecule has 2 aliphatic heterocycles. The Morgan fingerprint density at radius 3 is 2.29 bits per heavy atom. The predicted octanol–water partition coefficient (Wildman–Crippen LogP) is 3.15. The largest absolute Gasteiger partial charge is 1.00 e. The van der Waals surface area contributed by atoms with Crippen molar-refractivity contribution in [3.05, 3.63) is 12.7 Å². The lowest BCUT2D eigenvalue weighted by molar-refractivity contribution is -0.952. The van der Waals surface area contributed by atoms with Crippen molar-refractivity contribution in [1.82, 2.24) is 4.90 Å². The Hall–Kier alpha value is -0.960. The predicted molar refractivity (Wildman–Crippen MR) is 172 cm³/mol. The zero-order chi connectivity index (χ0) is 31.1. The normalized spacial score (nSPS) is 42.7. The van der Waals surface area contributed by atoms with E-state index in [1.54, 1.807) is 0 Å². The number of piperidine rings is 1. The van der Waals surface area contributed by atoms with Crippen LogP contribution in [-0.4, -0.2) is 91.6 Å². The summed E-state index contributed by atoms with van der Waals surface area (Å²) in [5, 5.41) is 0. The minimum atomic E-state index is -0.0575. The van der Waals surface area contributed by atoms with E-state index in [1.165, 1.54) is 58.0 Å². The van der Waals surface area contributed by atoms with Crippen molar-refractivity contribution in [2.45, 2.75) is 129 Å². The van der Waals surface area contributed by atoms with Gasteiger partial charge >= 0.3 is 11.9 Å². The highest BCUT2D eigenvalue weighted by Crippen LogP contribution is 2.68. The first-order chi connectivity index (χ1) is 21.2. The Morgan fingerprint density at radius 2 is 1.62 bits per heavy atom. The molecule has 0 spiro atoms. The van der Waals surface area contributed by atoms with Crippen LogP contribution in [0.15, 0.2) is 12.7 Å². The van der Waals surface area contributed by atoms with Crippen LogP contribution in [0.5, 0.6) is 0 Å². The molecular formula is C37H61BrN2O5. The Labute approximate surface area is 283 Å². The van der Waals surface area contributed by atoms with Crippen LogP contribution in [0.3, 0.4) is 0 Å². The van der Waals surface area contributed by atoms with Crippen molar-refractivity contribution >= 4 is 11.9 Å². The molecule has 256 valence electrons. The third-order valence-corrected chi connectivity index (χ3v) is 14.1. The maximum Gasteiger partial charge on any atom is 0.306 e. The van der Waals surface area contributed by atoms with Crippen LogP contribution in [0.1, 0.15) is 105 Å². The molecule has 6 aliphatic rings. The summed E-state index contributed by atoms with van der Waals surface area (Å²) in [6, 6.07) is 0.639. The Bertz CT molecular complexity index is 1060. The van der Waals surface area contributed by atoms with E-state index in [1.807, 2.05) is 13.8 Å². The molecule has 0 N–H and O–H groups in total. The van der Waals surface area contributed by atoms with Crippen molar-refractivity contribution in [2.75, 3.05) is 45.9 Å². The molecule has 0 aromatic carbocycles. The topological polar surface area (TPSA) is 65.1 Å². The maximum atomic E-state index is 13.0. The van der Waals surface area contributed by atoms with Gasteiger partial charge in [-0.25, -0.2) is 0 Å². The standard InChI is InChI=1S/C37H61N2O5.BrH/c1-6-18-39(19-10-9-11-20-39)31-24-29-27-13-12-26-23-32(43-33(40)7-2)30(38-16-21-42-22-17-38)25-37(26,5)28(27)14-15-36(29,4)35(31)44-34(41)8-3;/h6,26-32,35H,1,7-25H2,2-5H3;1H/q+1;/p-1/t26-,27+,28-,29-,30+,31-,32-,35-,36-,37-;/m0./s1. The Kier molecular flexibility index (Phi) is 11.2. The van der Waals surface area contributed by atoms with E-state index in [4.69, 9.17) is 14.2 Å². The van der Waals surface area contributed by atoms with Crippen LogP contribution >= 0.6 is 0 Å². The second-order valence-corrected chi connectivity index (χ2v) is 16.0. The summed E-state index contributed by atoms with van der Waals surface area (Å²) in [7, 11) is 0. The van der Waals surface area contributed by atoms with Crippen molar-refractivity contribution in [3.63, 3.8) is 0 Å². The number of carbonyl (C=O) groups excluding carboxylic acids is 2. The number of hydrogen-bond donors (Lipinski definition) is 0. The van der Waals surface area contributed by atoms with E-state index in [-0.39, 0.29) is 58.0 Å². The zero-order valence-corrected chi connectivity index (χ0v) is 30.2. The number of likely N-dealkylation sites (tertiary alicyclic amines) is 1. The lowest BCUT2D eigenvalue weighted by Crippen LogP contribution is -3.00. The number of ether oxygens (including phenoxy) is 3. The van der Waals surface area contributed by atoms with Gasteiger partial charge in [-0.05, 0) is 93.0 Å². The number of fused-ring (bicyclic) bond motifs is 5. The summed E-state index contributed by atoms with van der Waals surface area (Å²) in [5.74, 6) is 2.42. The van der Waals surface area contributed by atoms with E-state index in [2.05, 4.69) is 31.4 Å². The SMILES string of the molecule is C=CC[N+]1([C@H]2C[C@H]3[C@@H]4CC[C@H]5C[C@H](OC(=O)CC)[C@H](N6CCOCC6)C[C@]5(C)[C@H]4CC[C@]3(C)[C@H]2OC(=O)CC)CCCCC1.[Br-]. The summed E-state index contributed by atoms with van der Waals surface area (Å²) in [4.78, 5) is 28.2. The summed E-state index contributed by atoms with van der Waals surface area (Å²) >= 11 is 0. The van der Waals surface area contributed by atoms with Gasteiger partial charge in [0.1, 0.15) is 12.1 Å². The smallest absolute Gasteiger partial charge is 0.306 e. The highest BCUT2D eigenvalue weighted by Gasteiger charge is 2.67. The Balaban J connectivity index is 0.00000400. The number of rotatable bonds is 8. The third kappa shape index (κ3) is 6.33. The quantitative estimate of drug-likeness (QED) is 0.221. The minimum Gasteiger partial charge on any atom is -1.00 e. The van der Waals surface area contributed by atoms with Gasteiger partial charge in [-0.2, -0.15) is 0 Å². The molecule has 4 aliphatic carbocycles. The number of morpholine rings is 1. The first-order valence-corrected chi connectivity index (χ1v) is 18.4. The summed E-state index contributed by atoms with van der Waals surface area (Å²) in [5.41, 5.74) is 0.260. The molecule has 4 saturated carbocycles. The third-order valence-electron chi connectivity index (χ3n) is 14.1. The van der Waals surface area contributed by atoms with Crippen LogP contribution in [0, 0.1) is 34.5 Å². The summed E-state index contributed by atoms with van der Waals surface area (Å²) in [6.45, 7) is 19.9. The number of carbonyl (C=O) groups is 2. The molecule has 0 unspecified atom stereocenters. The molecule has 10 atom stereocenters. The van der Waals surface area contributed by atoms with Crippen LogP contribution in [0.2, 0.25) is 0 Å². The average molecular weight is 694 g/mol. The molecule has 6 fully saturated rings. The Morgan fingerprint density at radius 1 is 0.933 bits per heavy atom. The van der Waals surface area contributed by atoms with Crippen LogP contribution in [0.4, 0.5) is 0 Å². The van der Waals surface area contributed by atoms with Crippen molar-refractivity contribution < 1.29 is 45.3 Å². The molecule has 0 aromatic rings. The van der Waals surface area contributed by atoms with Crippen molar-refractivity contribution in [2.24, 2.45) is 34.5 Å². The molecule has 0 aromatic heterocycles. The highest BCUT2D eigenvalue weighted by molar-refractivity contribution is 5.69. The van der Waals surface area contributed by atoms with Crippen molar-refractivity contribution in [1.29, 1.82) is 0 Å². The van der Waals surface area contributed by atoms with Gasteiger partial charge in [0.15, 0.2) is 6.10 Å². The molecule has 8 heteroatoms. The monoisotopic (exact) mass is 692 g/mol.